The first-order valence-electron chi connectivity index (χ1n) is 4.62. The topological polar surface area (TPSA) is 28.7 Å². The highest BCUT2D eigenvalue weighted by Crippen LogP contribution is 2.31. The molecular formula is C11H13FN2. The van der Waals surface area contributed by atoms with Crippen LogP contribution in [-0.4, -0.2) is 10.2 Å². The van der Waals surface area contributed by atoms with Gasteiger partial charge in [-0.15, -0.1) is 0 Å². The van der Waals surface area contributed by atoms with Crippen LogP contribution in [0.5, 0.6) is 0 Å². The third kappa shape index (κ3) is 1.29. The zero-order valence-corrected chi connectivity index (χ0v) is 8.56. The predicted molar refractivity (Wildman–Crippen MR) is 54.8 cm³/mol. The second-order valence-corrected chi connectivity index (χ2v) is 4.50. The number of halogens is 1. The van der Waals surface area contributed by atoms with Gasteiger partial charge >= 0.3 is 0 Å². The molecule has 0 aliphatic heterocycles. The molecule has 0 fully saturated rings. The second-order valence-electron chi connectivity index (χ2n) is 4.50. The number of aromatic amines is 1. The van der Waals surface area contributed by atoms with Crippen molar-refractivity contribution in [2.45, 2.75) is 26.2 Å². The summed E-state index contributed by atoms with van der Waals surface area (Å²) < 4.78 is 13.7. The molecule has 2 rings (SSSR count). The zero-order chi connectivity index (χ0) is 10.3. The Morgan fingerprint density at radius 1 is 1.29 bits per heavy atom. The summed E-state index contributed by atoms with van der Waals surface area (Å²) in [7, 11) is 0. The molecule has 0 bridgehead atoms. The van der Waals surface area contributed by atoms with Crippen molar-refractivity contribution in [1.82, 2.24) is 10.2 Å². The summed E-state index contributed by atoms with van der Waals surface area (Å²) in [5.74, 6) is -0.161. The summed E-state index contributed by atoms with van der Waals surface area (Å²) in [6.07, 6.45) is 1.68. The van der Waals surface area contributed by atoms with E-state index in [0.717, 1.165) is 16.5 Å². The molecule has 0 saturated carbocycles. The maximum Gasteiger partial charge on any atom is 0.127 e. The molecule has 1 heterocycles. The fourth-order valence-electron chi connectivity index (χ4n) is 1.75. The Balaban J connectivity index is 2.83. The van der Waals surface area contributed by atoms with Crippen molar-refractivity contribution in [3.8, 4) is 0 Å². The maximum absolute atomic E-state index is 13.7. The lowest BCUT2D eigenvalue weighted by molar-refractivity contribution is 0.528. The van der Waals surface area contributed by atoms with E-state index in [1.165, 1.54) is 6.07 Å². The van der Waals surface area contributed by atoms with Crippen molar-refractivity contribution in [1.29, 1.82) is 0 Å². The van der Waals surface area contributed by atoms with Crippen LogP contribution in [0.3, 0.4) is 0 Å². The Bertz CT molecular complexity index is 466. The number of nitrogens with one attached hydrogen (secondary N) is 1. The average molecular weight is 192 g/mol. The van der Waals surface area contributed by atoms with Crippen LogP contribution in [0.2, 0.25) is 0 Å². The van der Waals surface area contributed by atoms with Crippen LogP contribution < -0.4 is 0 Å². The summed E-state index contributed by atoms with van der Waals surface area (Å²) in [5, 5.41) is 7.64. The smallest absolute Gasteiger partial charge is 0.127 e. The Morgan fingerprint density at radius 3 is 2.64 bits per heavy atom. The number of hydrogen-bond donors (Lipinski definition) is 1. The number of fused-ring (bicyclic) bond motifs is 1. The van der Waals surface area contributed by atoms with Gasteiger partial charge in [0.15, 0.2) is 0 Å². The minimum absolute atomic E-state index is 0.161. The molecular weight excluding hydrogens is 179 g/mol. The van der Waals surface area contributed by atoms with E-state index in [9.17, 15) is 4.39 Å². The number of nitrogens with zero attached hydrogens (tertiary/aromatic N) is 1. The molecule has 0 radical (unpaired) electrons. The van der Waals surface area contributed by atoms with E-state index in [-0.39, 0.29) is 11.2 Å². The van der Waals surface area contributed by atoms with E-state index in [1.807, 2.05) is 20.8 Å². The second kappa shape index (κ2) is 2.80. The molecule has 0 spiro atoms. The third-order valence-corrected chi connectivity index (χ3v) is 2.32. The summed E-state index contributed by atoms with van der Waals surface area (Å²) in [4.78, 5) is 0. The molecule has 1 aromatic heterocycles. The van der Waals surface area contributed by atoms with E-state index in [4.69, 9.17) is 0 Å². The van der Waals surface area contributed by atoms with Crippen molar-refractivity contribution >= 4 is 10.9 Å². The van der Waals surface area contributed by atoms with Gasteiger partial charge in [0.2, 0.25) is 0 Å². The molecule has 2 nitrogen and oxygen atoms in total. The molecule has 1 aromatic carbocycles. The predicted octanol–water partition coefficient (Wildman–Crippen LogP) is 3.00. The number of benzene rings is 1. The summed E-state index contributed by atoms with van der Waals surface area (Å²) in [6, 6.07) is 3.20. The van der Waals surface area contributed by atoms with Crippen molar-refractivity contribution in [3.63, 3.8) is 0 Å². The standard InChI is InChI=1S/C11H13FN2/c1-11(2,3)10-7-6-13-14-9(7)5-4-8(10)12/h4-6H,1-3H3,(H,13,14). The van der Waals surface area contributed by atoms with Crippen LogP contribution in [-0.2, 0) is 5.41 Å². The highest BCUT2D eigenvalue weighted by Gasteiger charge is 2.21. The first-order chi connectivity index (χ1) is 6.50. The molecule has 0 aliphatic rings. The number of hydrogen-bond acceptors (Lipinski definition) is 1. The lowest BCUT2D eigenvalue weighted by atomic mass is 9.84. The van der Waals surface area contributed by atoms with E-state index >= 15 is 0 Å². The first kappa shape index (κ1) is 9.19. The fourth-order valence-corrected chi connectivity index (χ4v) is 1.75. The van der Waals surface area contributed by atoms with Crippen molar-refractivity contribution in [2.24, 2.45) is 0 Å². The van der Waals surface area contributed by atoms with Crippen LogP contribution in [0.25, 0.3) is 10.9 Å². The highest BCUT2D eigenvalue weighted by molar-refractivity contribution is 5.82. The molecule has 2 aromatic rings. The van der Waals surface area contributed by atoms with Gasteiger partial charge in [-0.05, 0) is 17.5 Å². The fraction of sp³-hybridized carbons (Fsp3) is 0.364. The van der Waals surface area contributed by atoms with E-state index < -0.39 is 0 Å². The van der Waals surface area contributed by atoms with Gasteiger partial charge in [-0.3, -0.25) is 5.10 Å². The molecule has 0 unspecified atom stereocenters. The number of aromatic nitrogens is 2. The van der Waals surface area contributed by atoms with E-state index in [0.29, 0.717) is 0 Å². The quantitative estimate of drug-likeness (QED) is 0.683. The van der Waals surface area contributed by atoms with Gasteiger partial charge in [0.05, 0.1) is 11.7 Å². The highest BCUT2D eigenvalue weighted by atomic mass is 19.1. The number of H-pyrrole nitrogens is 1. The van der Waals surface area contributed by atoms with Crippen LogP contribution in [0.4, 0.5) is 4.39 Å². The molecule has 0 amide bonds. The normalized spacial score (nSPS) is 12.3. The summed E-state index contributed by atoms with van der Waals surface area (Å²) in [6.45, 7) is 5.99. The molecule has 1 N–H and O–H groups in total. The summed E-state index contributed by atoms with van der Waals surface area (Å²) in [5.41, 5.74) is 1.41. The van der Waals surface area contributed by atoms with Crippen LogP contribution >= 0.6 is 0 Å². The van der Waals surface area contributed by atoms with E-state index in [1.54, 1.807) is 12.3 Å². The van der Waals surface area contributed by atoms with Crippen molar-refractivity contribution < 1.29 is 4.39 Å². The van der Waals surface area contributed by atoms with Crippen molar-refractivity contribution in [2.75, 3.05) is 0 Å². The Kier molecular flexibility index (Phi) is 1.84. The zero-order valence-electron chi connectivity index (χ0n) is 8.56. The van der Waals surface area contributed by atoms with Gasteiger partial charge in [-0.25, -0.2) is 4.39 Å². The third-order valence-electron chi connectivity index (χ3n) is 2.32. The molecule has 74 valence electrons. The van der Waals surface area contributed by atoms with Gasteiger partial charge in [-0.2, -0.15) is 5.10 Å². The lowest BCUT2D eigenvalue weighted by Gasteiger charge is -2.20. The number of rotatable bonds is 0. The Hall–Kier alpha value is -1.38. The maximum atomic E-state index is 13.7. The monoisotopic (exact) mass is 192 g/mol. The largest absolute Gasteiger partial charge is 0.278 e. The van der Waals surface area contributed by atoms with Gasteiger partial charge < -0.3 is 0 Å². The van der Waals surface area contributed by atoms with Crippen LogP contribution in [0.1, 0.15) is 26.3 Å². The van der Waals surface area contributed by atoms with Gasteiger partial charge in [-0.1, -0.05) is 20.8 Å². The SMILES string of the molecule is CC(C)(C)c1c(F)ccc2[nH]ncc12. The molecule has 3 heteroatoms. The van der Waals surface area contributed by atoms with Gasteiger partial charge in [0.1, 0.15) is 5.82 Å². The average Bonchev–Trinajstić information content (AvgIpc) is 2.48. The minimum atomic E-state index is -0.201. The first-order valence-corrected chi connectivity index (χ1v) is 4.62. The molecule has 0 aliphatic carbocycles. The van der Waals surface area contributed by atoms with Crippen LogP contribution in [0.15, 0.2) is 18.3 Å². The molecule has 14 heavy (non-hydrogen) atoms. The van der Waals surface area contributed by atoms with E-state index in [2.05, 4.69) is 10.2 Å². The molecule has 0 saturated heterocycles. The molecule has 0 atom stereocenters. The summed E-state index contributed by atoms with van der Waals surface area (Å²) >= 11 is 0. The van der Waals surface area contributed by atoms with Crippen LogP contribution in [0, 0.1) is 5.82 Å². The Morgan fingerprint density at radius 2 is 2.00 bits per heavy atom. The minimum Gasteiger partial charge on any atom is -0.278 e. The van der Waals surface area contributed by atoms with Crippen molar-refractivity contribution in [3.05, 3.63) is 29.7 Å². The Labute approximate surface area is 82.1 Å². The lowest BCUT2D eigenvalue weighted by Crippen LogP contribution is -2.13. The van der Waals surface area contributed by atoms with Gasteiger partial charge in [0, 0.05) is 10.9 Å². The van der Waals surface area contributed by atoms with Gasteiger partial charge in [0.25, 0.3) is 0 Å².